The normalized spacial score (nSPS) is 10.7. The summed E-state index contributed by atoms with van der Waals surface area (Å²) in [5.74, 6) is -0.470. The molecule has 0 unspecified atom stereocenters. The van der Waals surface area contributed by atoms with Gasteiger partial charge in [0, 0.05) is 33.9 Å². The molecule has 0 saturated heterocycles. The molecule has 0 bridgehead atoms. The van der Waals surface area contributed by atoms with Crippen LogP contribution >= 0.6 is 0 Å². The van der Waals surface area contributed by atoms with Gasteiger partial charge in [0.2, 0.25) is 0 Å². The molecule has 4 aromatic carbocycles. The molecular formula is C26H22N6O2. The fourth-order valence-corrected chi connectivity index (χ4v) is 3.01. The van der Waals surface area contributed by atoms with Crippen molar-refractivity contribution in [3.05, 3.63) is 108 Å². The average Bonchev–Trinajstić information content (AvgIpc) is 2.86. The Morgan fingerprint density at radius 1 is 0.500 bits per heavy atom. The lowest BCUT2D eigenvalue weighted by atomic mass is 10.2. The van der Waals surface area contributed by atoms with E-state index in [1.54, 1.807) is 97.1 Å². The van der Waals surface area contributed by atoms with E-state index in [-0.39, 0.29) is 11.8 Å². The molecule has 0 aliphatic rings. The summed E-state index contributed by atoms with van der Waals surface area (Å²) in [5.41, 5.74) is 16.1. The molecule has 8 nitrogen and oxygen atoms in total. The van der Waals surface area contributed by atoms with E-state index in [4.69, 9.17) is 11.5 Å². The van der Waals surface area contributed by atoms with Crippen molar-refractivity contribution in [2.75, 3.05) is 22.1 Å². The maximum atomic E-state index is 12.4. The predicted octanol–water partition coefficient (Wildman–Crippen LogP) is 5.77. The molecular weight excluding hydrogens is 428 g/mol. The number of hydrogen-bond donors (Lipinski definition) is 4. The van der Waals surface area contributed by atoms with Crippen molar-refractivity contribution < 1.29 is 9.59 Å². The van der Waals surface area contributed by atoms with Crippen molar-refractivity contribution in [2.45, 2.75) is 0 Å². The van der Waals surface area contributed by atoms with E-state index in [0.29, 0.717) is 45.3 Å². The van der Waals surface area contributed by atoms with Gasteiger partial charge in [0.15, 0.2) is 0 Å². The van der Waals surface area contributed by atoms with Gasteiger partial charge < -0.3 is 22.1 Å². The second-order valence-corrected chi connectivity index (χ2v) is 7.45. The molecule has 0 aliphatic carbocycles. The minimum Gasteiger partial charge on any atom is -0.399 e. The van der Waals surface area contributed by atoms with Crippen LogP contribution in [0.15, 0.2) is 107 Å². The molecule has 0 atom stereocenters. The number of benzene rings is 4. The van der Waals surface area contributed by atoms with Crippen LogP contribution in [-0.2, 0) is 0 Å². The lowest BCUT2D eigenvalue weighted by Gasteiger charge is -2.06. The first-order valence-electron chi connectivity index (χ1n) is 10.4. The summed E-state index contributed by atoms with van der Waals surface area (Å²) in [4.78, 5) is 24.7. The number of anilines is 4. The number of amides is 2. The molecule has 8 heteroatoms. The molecule has 168 valence electrons. The minimum atomic E-state index is -0.235. The Labute approximate surface area is 196 Å². The van der Waals surface area contributed by atoms with Crippen LogP contribution in [0.2, 0.25) is 0 Å². The third-order valence-corrected chi connectivity index (χ3v) is 4.88. The summed E-state index contributed by atoms with van der Waals surface area (Å²) < 4.78 is 0. The van der Waals surface area contributed by atoms with Crippen LogP contribution in [0, 0.1) is 0 Å². The van der Waals surface area contributed by atoms with Gasteiger partial charge >= 0.3 is 0 Å². The Kier molecular flexibility index (Phi) is 6.60. The van der Waals surface area contributed by atoms with Gasteiger partial charge in [-0.2, -0.15) is 10.2 Å². The number of carbonyl (C=O) groups excluding carboxylic acids is 2. The zero-order valence-electron chi connectivity index (χ0n) is 18.1. The lowest BCUT2D eigenvalue weighted by Crippen LogP contribution is -2.11. The molecule has 4 rings (SSSR count). The number of nitrogens with zero attached hydrogens (tertiary/aromatic N) is 2. The number of carbonyl (C=O) groups is 2. The Morgan fingerprint density at radius 2 is 0.824 bits per heavy atom. The van der Waals surface area contributed by atoms with Crippen LogP contribution in [-0.4, -0.2) is 11.8 Å². The number of nitrogen functional groups attached to an aromatic ring is 2. The van der Waals surface area contributed by atoms with Crippen LogP contribution in [0.4, 0.5) is 34.1 Å². The quantitative estimate of drug-likeness (QED) is 0.219. The molecule has 0 heterocycles. The van der Waals surface area contributed by atoms with Gasteiger partial charge in [-0.15, -0.1) is 0 Å². The first-order chi connectivity index (χ1) is 16.5. The van der Waals surface area contributed by atoms with Gasteiger partial charge in [0.05, 0.1) is 11.4 Å². The first-order valence-corrected chi connectivity index (χ1v) is 10.4. The summed E-state index contributed by atoms with van der Waals surface area (Å²) >= 11 is 0. The van der Waals surface area contributed by atoms with Crippen molar-refractivity contribution >= 4 is 45.9 Å². The highest BCUT2D eigenvalue weighted by Crippen LogP contribution is 2.21. The van der Waals surface area contributed by atoms with E-state index in [1.807, 2.05) is 0 Å². The molecule has 0 radical (unpaired) electrons. The Balaban J connectivity index is 1.34. The van der Waals surface area contributed by atoms with Crippen LogP contribution in [0.5, 0.6) is 0 Å². The molecule has 0 aliphatic heterocycles. The SMILES string of the molecule is Nc1ccc(NC(=O)c2ccc(N=Nc3ccc(C(=O)Nc4ccc(N)cc4)cc3)cc2)cc1. The molecule has 34 heavy (non-hydrogen) atoms. The third-order valence-electron chi connectivity index (χ3n) is 4.88. The van der Waals surface area contributed by atoms with E-state index in [0.717, 1.165) is 0 Å². The van der Waals surface area contributed by atoms with Gasteiger partial charge in [-0.25, -0.2) is 0 Å². The zero-order valence-corrected chi connectivity index (χ0v) is 18.1. The third kappa shape index (κ3) is 5.83. The summed E-state index contributed by atoms with van der Waals surface area (Å²) in [6.07, 6.45) is 0. The van der Waals surface area contributed by atoms with Gasteiger partial charge in [0.25, 0.3) is 11.8 Å². The Bertz CT molecular complexity index is 1210. The first kappa shape index (κ1) is 22.2. The van der Waals surface area contributed by atoms with Crippen molar-refractivity contribution in [2.24, 2.45) is 10.2 Å². The van der Waals surface area contributed by atoms with E-state index < -0.39 is 0 Å². The van der Waals surface area contributed by atoms with Crippen LogP contribution < -0.4 is 22.1 Å². The van der Waals surface area contributed by atoms with Crippen molar-refractivity contribution in [3.63, 3.8) is 0 Å². The van der Waals surface area contributed by atoms with Gasteiger partial charge in [-0.1, -0.05) is 0 Å². The Hall–Kier alpha value is -4.98. The van der Waals surface area contributed by atoms with Gasteiger partial charge in [0.1, 0.15) is 0 Å². The van der Waals surface area contributed by atoms with E-state index in [9.17, 15) is 9.59 Å². The topological polar surface area (TPSA) is 135 Å². The van der Waals surface area contributed by atoms with Crippen molar-refractivity contribution in [1.82, 2.24) is 0 Å². The zero-order chi connectivity index (χ0) is 23.9. The van der Waals surface area contributed by atoms with Crippen molar-refractivity contribution in [3.8, 4) is 0 Å². The number of nitrogens with one attached hydrogen (secondary N) is 2. The largest absolute Gasteiger partial charge is 0.399 e. The highest BCUT2D eigenvalue weighted by atomic mass is 16.2. The number of nitrogens with two attached hydrogens (primary N) is 2. The molecule has 0 saturated carbocycles. The second kappa shape index (κ2) is 10.1. The van der Waals surface area contributed by atoms with E-state index in [2.05, 4.69) is 20.9 Å². The highest BCUT2D eigenvalue weighted by Gasteiger charge is 2.07. The maximum Gasteiger partial charge on any atom is 0.255 e. The molecule has 4 aromatic rings. The van der Waals surface area contributed by atoms with Gasteiger partial charge in [-0.3, -0.25) is 9.59 Å². The van der Waals surface area contributed by atoms with E-state index in [1.165, 1.54) is 0 Å². The summed E-state index contributed by atoms with van der Waals surface area (Å²) in [6.45, 7) is 0. The minimum absolute atomic E-state index is 0.235. The summed E-state index contributed by atoms with van der Waals surface area (Å²) in [7, 11) is 0. The smallest absolute Gasteiger partial charge is 0.255 e. The Morgan fingerprint density at radius 3 is 1.15 bits per heavy atom. The molecule has 0 spiro atoms. The number of hydrogen-bond acceptors (Lipinski definition) is 6. The van der Waals surface area contributed by atoms with Crippen molar-refractivity contribution in [1.29, 1.82) is 0 Å². The number of azo groups is 1. The fourth-order valence-electron chi connectivity index (χ4n) is 3.01. The summed E-state index contributed by atoms with van der Waals surface area (Å²) in [6, 6.07) is 27.3. The maximum absolute atomic E-state index is 12.4. The predicted molar refractivity (Wildman–Crippen MR) is 135 cm³/mol. The standard InChI is InChI=1S/C26H22N6O2/c27-19-5-13-21(14-6-19)29-25(33)17-1-9-23(10-2-17)31-32-24-11-3-18(4-12-24)26(34)30-22-15-7-20(28)8-16-22/h1-16H,27-28H2,(H,29,33)(H,30,34). The average molecular weight is 451 g/mol. The molecule has 0 fully saturated rings. The van der Waals surface area contributed by atoms with Crippen LogP contribution in [0.1, 0.15) is 20.7 Å². The highest BCUT2D eigenvalue weighted by molar-refractivity contribution is 6.05. The second-order valence-electron chi connectivity index (χ2n) is 7.45. The molecule has 2 amide bonds. The lowest BCUT2D eigenvalue weighted by molar-refractivity contribution is 0.101. The monoisotopic (exact) mass is 450 g/mol. The van der Waals surface area contributed by atoms with E-state index >= 15 is 0 Å². The van der Waals surface area contributed by atoms with Crippen LogP contribution in [0.25, 0.3) is 0 Å². The number of rotatable bonds is 6. The fraction of sp³-hybridized carbons (Fsp3) is 0. The van der Waals surface area contributed by atoms with Gasteiger partial charge in [-0.05, 0) is 97.1 Å². The summed E-state index contributed by atoms with van der Waals surface area (Å²) in [5, 5.41) is 14.0. The molecule has 6 N–H and O–H groups in total. The van der Waals surface area contributed by atoms with Crippen LogP contribution in [0.3, 0.4) is 0 Å². The molecule has 0 aromatic heterocycles.